The lowest BCUT2D eigenvalue weighted by atomic mass is 10.2. The Bertz CT molecular complexity index is 652. The van der Waals surface area contributed by atoms with E-state index in [0.717, 1.165) is 15.1 Å². The van der Waals surface area contributed by atoms with Crippen LogP contribution in [0.4, 0.5) is 10.5 Å². The fraction of sp³-hybridized carbons (Fsp3) is 0.462. The molecule has 25 heavy (non-hydrogen) atoms. The molecule has 0 unspecified atom stereocenters. The molecule has 1 atom stereocenters. The molecule has 0 saturated carbocycles. The molecule has 0 radical (unpaired) electrons. The van der Waals surface area contributed by atoms with Gasteiger partial charge >= 0.3 is 17.7 Å². The summed E-state index contributed by atoms with van der Waals surface area (Å²) in [5.41, 5.74) is -1.08. The molecule has 1 aromatic heterocycles. The first-order valence-corrected chi connectivity index (χ1v) is 9.60. The summed E-state index contributed by atoms with van der Waals surface area (Å²) in [6, 6.07) is 1.39. The number of ether oxygens (including phenoxy) is 1. The van der Waals surface area contributed by atoms with Crippen molar-refractivity contribution in [2.24, 2.45) is 0 Å². The van der Waals surface area contributed by atoms with E-state index in [2.05, 4.69) is 17.6 Å². The van der Waals surface area contributed by atoms with Gasteiger partial charge < -0.3 is 9.84 Å². The van der Waals surface area contributed by atoms with Gasteiger partial charge in [-0.2, -0.15) is 12.6 Å². The second-order valence-corrected chi connectivity index (χ2v) is 7.99. The van der Waals surface area contributed by atoms with Gasteiger partial charge in [-0.15, -0.1) is 0 Å². The second-order valence-electron chi connectivity index (χ2n) is 5.59. The van der Waals surface area contributed by atoms with Gasteiger partial charge in [0.25, 0.3) is 0 Å². The van der Waals surface area contributed by atoms with Crippen LogP contribution in [0, 0.1) is 10.1 Å². The maximum atomic E-state index is 12.3. The summed E-state index contributed by atoms with van der Waals surface area (Å²) in [6.07, 6.45) is 0.478. The Balaban J connectivity index is 3.03. The second kappa shape index (κ2) is 9.15. The number of amides is 1. The molecule has 1 amide bonds. The van der Waals surface area contributed by atoms with Crippen LogP contribution in [-0.4, -0.2) is 48.8 Å². The molecule has 0 spiro atoms. The number of carbonyl (C=O) groups is 2. The average molecular weight is 407 g/mol. The highest BCUT2D eigenvalue weighted by atomic mass is 33.1. The number of rotatable bonds is 7. The molecular formula is C13H17N3O6S3. The van der Waals surface area contributed by atoms with Gasteiger partial charge in [-0.25, -0.2) is 18.9 Å². The number of aromatic nitrogens is 1. The zero-order chi connectivity index (χ0) is 19.2. The first-order chi connectivity index (χ1) is 11.6. The van der Waals surface area contributed by atoms with E-state index in [1.165, 1.54) is 18.3 Å². The van der Waals surface area contributed by atoms with Crippen LogP contribution < -0.4 is 0 Å². The lowest BCUT2D eigenvalue weighted by Gasteiger charge is -2.28. The van der Waals surface area contributed by atoms with E-state index in [4.69, 9.17) is 4.74 Å². The van der Waals surface area contributed by atoms with Gasteiger partial charge in [-0.3, -0.25) is 10.1 Å². The smallest absolute Gasteiger partial charge is 0.421 e. The molecule has 1 N–H and O–H groups in total. The zero-order valence-electron chi connectivity index (χ0n) is 13.6. The van der Waals surface area contributed by atoms with Crippen molar-refractivity contribution in [1.29, 1.82) is 0 Å². The molecule has 12 heteroatoms. The van der Waals surface area contributed by atoms with Crippen LogP contribution in [0.2, 0.25) is 0 Å². The van der Waals surface area contributed by atoms with Crippen molar-refractivity contribution < 1.29 is 24.4 Å². The highest BCUT2D eigenvalue weighted by molar-refractivity contribution is 8.76. The molecule has 1 aromatic rings. The van der Waals surface area contributed by atoms with Crippen molar-refractivity contribution in [3.8, 4) is 0 Å². The minimum atomic E-state index is -1.28. The summed E-state index contributed by atoms with van der Waals surface area (Å²) in [5, 5.41) is 20.3. The Morgan fingerprint density at radius 2 is 2.16 bits per heavy atom. The number of carboxylic acids is 1. The largest absolute Gasteiger partial charge is 0.480 e. The summed E-state index contributed by atoms with van der Waals surface area (Å²) >= 11 is 3.96. The SMILES string of the molecule is CC(C)(C)OC(=O)N(SSc1ncccc1[N+](=O)[O-])[C@@H](CS)C(=O)O. The number of pyridine rings is 1. The molecule has 0 aliphatic heterocycles. The molecule has 0 aliphatic carbocycles. The zero-order valence-corrected chi connectivity index (χ0v) is 16.1. The van der Waals surface area contributed by atoms with Gasteiger partial charge in [-0.1, -0.05) is 0 Å². The van der Waals surface area contributed by atoms with Crippen molar-refractivity contribution in [3.63, 3.8) is 0 Å². The number of aliphatic carboxylic acids is 1. The first kappa shape index (κ1) is 21.4. The summed E-state index contributed by atoms with van der Waals surface area (Å²) in [4.78, 5) is 38.0. The minimum absolute atomic E-state index is 0.0364. The van der Waals surface area contributed by atoms with E-state index in [0.29, 0.717) is 11.0 Å². The van der Waals surface area contributed by atoms with Crippen molar-refractivity contribution in [2.75, 3.05) is 5.75 Å². The van der Waals surface area contributed by atoms with Crippen LogP contribution in [0.1, 0.15) is 20.8 Å². The van der Waals surface area contributed by atoms with Crippen LogP contribution in [-0.2, 0) is 9.53 Å². The maximum absolute atomic E-state index is 12.3. The molecule has 0 bridgehead atoms. The Morgan fingerprint density at radius 3 is 2.64 bits per heavy atom. The number of carboxylic acid groups (broad SMARTS) is 1. The molecule has 1 rings (SSSR count). The molecule has 0 saturated heterocycles. The fourth-order valence-electron chi connectivity index (χ4n) is 1.43. The van der Waals surface area contributed by atoms with Gasteiger partial charge in [-0.05, 0) is 37.6 Å². The number of nitro groups is 1. The summed E-state index contributed by atoms with van der Waals surface area (Å²) in [5.74, 6) is -1.43. The van der Waals surface area contributed by atoms with Crippen molar-refractivity contribution >= 4 is 52.2 Å². The maximum Gasteiger partial charge on any atom is 0.421 e. The van der Waals surface area contributed by atoms with E-state index in [9.17, 15) is 24.8 Å². The molecule has 138 valence electrons. The van der Waals surface area contributed by atoms with Crippen molar-refractivity contribution in [3.05, 3.63) is 28.4 Å². The van der Waals surface area contributed by atoms with Gasteiger partial charge in [0, 0.05) is 29.0 Å². The quantitative estimate of drug-likeness (QED) is 0.230. The highest BCUT2D eigenvalue weighted by Crippen LogP contribution is 2.39. The molecule has 0 aliphatic rings. The number of hydrogen-bond donors (Lipinski definition) is 2. The molecular weight excluding hydrogens is 390 g/mol. The van der Waals surface area contributed by atoms with E-state index in [1.54, 1.807) is 20.8 Å². The fourth-order valence-corrected chi connectivity index (χ4v) is 4.04. The molecule has 0 fully saturated rings. The molecule has 9 nitrogen and oxygen atoms in total. The van der Waals surface area contributed by atoms with Gasteiger partial charge in [0.2, 0.25) is 0 Å². The normalized spacial score (nSPS) is 12.3. The standard InChI is InChI=1S/C13H17N3O6S3/c1-13(2,3)22-12(19)15(9(7-23)11(17)18)25-24-10-8(16(20)21)5-4-6-14-10/h4-6,9,23H,7H2,1-3H3,(H,17,18)/t9-/m0/s1. The Labute approximate surface area is 157 Å². The average Bonchev–Trinajstić information content (AvgIpc) is 2.49. The van der Waals surface area contributed by atoms with Gasteiger partial charge in [0.15, 0.2) is 11.1 Å². The summed E-state index contributed by atoms with van der Waals surface area (Å²) in [6.45, 7) is 4.92. The van der Waals surface area contributed by atoms with E-state index in [1.807, 2.05) is 0 Å². The topological polar surface area (TPSA) is 123 Å². The highest BCUT2D eigenvalue weighted by Gasteiger charge is 2.34. The number of thiol groups is 1. The van der Waals surface area contributed by atoms with Crippen molar-refractivity contribution in [2.45, 2.75) is 37.4 Å². The Kier molecular flexibility index (Phi) is 7.83. The minimum Gasteiger partial charge on any atom is -0.480 e. The Hall–Kier alpha value is -1.66. The van der Waals surface area contributed by atoms with Crippen LogP contribution in [0.3, 0.4) is 0 Å². The molecule has 1 heterocycles. The van der Waals surface area contributed by atoms with Crippen LogP contribution in [0.15, 0.2) is 23.4 Å². The monoisotopic (exact) mass is 407 g/mol. The van der Waals surface area contributed by atoms with Gasteiger partial charge in [0.05, 0.1) is 4.92 Å². The third kappa shape index (κ3) is 6.63. The number of carbonyl (C=O) groups excluding carboxylic acids is 1. The van der Waals surface area contributed by atoms with Crippen LogP contribution >= 0.6 is 34.4 Å². The van der Waals surface area contributed by atoms with E-state index >= 15 is 0 Å². The predicted octanol–water partition coefficient (Wildman–Crippen LogP) is 3.27. The third-order valence-corrected chi connectivity index (χ3v) is 5.09. The lowest BCUT2D eigenvalue weighted by molar-refractivity contribution is -0.388. The van der Waals surface area contributed by atoms with Crippen LogP contribution in [0.25, 0.3) is 0 Å². The van der Waals surface area contributed by atoms with Crippen molar-refractivity contribution in [1.82, 2.24) is 9.29 Å². The van der Waals surface area contributed by atoms with E-state index in [-0.39, 0.29) is 16.5 Å². The summed E-state index contributed by atoms with van der Waals surface area (Å²) in [7, 11) is 1.49. The first-order valence-electron chi connectivity index (χ1n) is 6.86. The third-order valence-electron chi connectivity index (χ3n) is 2.46. The van der Waals surface area contributed by atoms with Gasteiger partial charge in [0.1, 0.15) is 5.60 Å². The van der Waals surface area contributed by atoms with E-state index < -0.39 is 28.6 Å². The Morgan fingerprint density at radius 1 is 1.52 bits per heavy atom. The lowest BCUT2D eigenvalue weighted by Crippen LogP contribution is -2.44. The summed E-state index contributed by atoms with van der Waals surface area (Å²) < 4.78 is 6.08. The predicted molar refractivity (Wildman–Crippen MR) is 97.7 cm³/mol. The van der Waals surface area contributed by atoms with Crippen LogP contribution in [0.5, 0.6) is 0 Å². The molecule has 0 aromatic carbocycles. The number of nitrogens with zero attached hydrogens (tertiary/aromatic N) is 3. The number of hydrogen-bond acceptors (Lipinski definition) is 9.